The molecule has 0 radical (unpaired) electrons. The fraction of sp³-hybridized carbons (Fsp3) is 0.308. The van der Waals surface area contributed by atoms with Gasteiger partial charge in [-0.2, -0.15) is 0 Å². The highest BCUT2D eigenvalue weighted by Gasteiger charge is 2.21. The summed E-state index contributed by atoms with van der Waals surface area (Å²) < 4.78 is 5.43. The van der Waals surface area contributed by atoms with E-state index in [4.69, 9.17) is 5.11 Å². The molecule has 1 amide bonds. The second kappa shape index (κ2) is 7.83. The van der Waals surface area contributed by atoms with E-state index in [1.54, 1.807) is 12.1 Å². The highest BCUT2D eigenvalue weighted by molar-refractivity contribution is 14.1. The summed E-state index contributed by atoms with van der Waals surface area (Å²) in [5.74, 6) is -2.37. The predicted octanol–water partition coefficient (Wildman–Crippen LogP) is 0.966. The minimum atomic E-state index is -1.14. The van der Waals surface area contributed by atoms with E-state index in [0.29, 0.717) is 0 Å². The Bertz CT molecular complexity index is 517. The van der Waals surface area contributed by atoms with Gasteiger partial charge in [-0.05, 0) is 34.2 Å². The lowest BCUT2D eigenvalue weighted by atomic mass is 10.1. The third-order valence-corrected chi connectivity index (χ3v) is 3.47. The number of carboxylic acid groups (broad SMARTS) is 1. The average molecular weight is 391 g/mol. The molecule has 0 aliphatic heterocycles. The van der Waals surface area contributed by atoms with Gasteiger partial charge in [-0.15, -0.1) is 0 Å². The Morgan fingerprint density at radius 2 is 2.00 bits per heavy atom. The van der Waals surface area contributed by atoms with Crippen LogP contribution in [0.5, 0.6) is 0 Å². The molecule has 0 saturated carbocycles. The van der Waals surface area contributed by atoms with Crippen molar-refractivity contribution in [2.24, 2.45) is 0 Å². The number of hydrogen-bond donors (Lipinski definition) is 2. The van der Waals surface area contributed by atoms with Crippen LogP contribution < -0.4 is 5.32 Å². The number of amides is 1. The highest BCUT2D eigenvalue weighted by Crippen LogP contribution is 2.13. The van der Waals surface area contributed by atoms with Crippen LogP contribution in [0.3, 0.4) is 0 Å². The maximum absolute atomic E-state index is 11.5. The summed E-state index contributed by atoms with van der Waals surface area (Å²) >= 11 is 2.10. The van der Waals surface area contributed by atoms with Gasteiger partial charge < -0.3 is 15.2 Å². The molecule has 1 atom stereocenters. The van der Waals surface area contributed by atoms with Gasteiger partial charge in [-0.1, -0.05) is 18.2 Å². The number of halogens is 1. The van der Waals surface area contributed by atoms with Gasteiger partial charge in [0.25, 0.3) is 5.91 Å². The number of ether oxygens (including phenoxy) is 1. The molecule has 0 heterocycles. The van der Waals surface area contributed by atoms with Gasteiger partial charge in [0.15, 0.2) is 6.61 Å². The van der Waals surface area contributed by atoms with Crippen LogP contribution in [0.4, 0.5) is 0 Å². The van der Waals surface area contributed by atoms with E-state index < -0.39 is 30.5 Å². The first-order valence-corrected chi connectivity index (χ1v) is 6.87. The lowest BCUT2D eigenvalue weighted by molar-refractivity contribution is -0.148. The van der Waals surface area contributed by atoms with E-state index >= 15 is 0 Å². The van der Waals surface area contributed by atoms with Crippen molar-refractivity contribution in [1.82, 2.24) is 5.32 Å². The van der Waals surface area contributed by atoms with E-state index in [9.17, 15) is 14.4 Å². The number of carboxylic acids is 1. The summed E-state index contributed by atoms with van der Waals surface area (Å²) in [4.78, 5) is 33.2. The van der Waals surface area contributed by atoms with E-state index in [2.05, 4.69) is 32.6 Å². The van der Waals surface area contributed by atoms with Crippen molar-refractivity contribution >= 4 is 40.4 Å². The summed E-state index contributed by atoms with van der Waals surface area (Å²) in [7, 11) is 0. The predicted molar refractivity (Wildman–Crippen MR) is 79.1 cm³/mol. The van der Waals surface area contributed by atoms with Crippen LogP contribution in [0.15, 0.2) is 24.3 Å². The first-order valence-electron chi connectivity index (χ1n) is 5.79. The second-order valence-corrected chi connectivity index (χ2v) is 5.20. The van der Waals surface area contributed by atoms with Crippen LogP contribution in [0.1, 0.15) is 12.5 Å². The minimum absolute atomic E-state index is 0.167. The number of nitrogens with one attached hydrogen (secondary N) is 1. The lowest BCUT2D eigenvalue weighted by Gasteiger charge is -2.15. The van der Waals surface area contributed by atoms with Crippen molar-refractivity contribution in [2.75, 3.05) is 6.61 Å². The zero-order chi connectivity index (χ0) is 15.1. The lowest BCUT2D eigenvalue weighted by Crippen LogP contribution is -2.44. The Balaban J connectivity index is 2.66. The summed E-state index contributed by atoms with van der Waals surface area (Å²) in [6.45, 7) is 0.694. The van der Waals surface area contributed by atoms with Crippen molar-refractivity contribution in [2.45, 2.75) is 19.4 Å². The zero-order valence-corrected chi connectivity index (χ0v) is 12.9. The molecule has 20 heavy (non-hydrogen) atoms. The minimum Gasteiger partial charge on any atom is -0.480 e. The molecule has 0 spiro atoms. The molecular weight excluding hydrogens is 377 g/mol. The molecule has 1 aromatic carbocycles. The van der Waals surface area contributed by atoms with Crippen molar-refractivity contribution in [3.63, 3.8) is 0 Å². The van der Waals surface area contributed by atoms with Crippen molar-refractivity contribution in [3.05, 3.63) is 33.4 Å². The molecule has 1 rings (SSSR count). The topological polar surface area (TPSA) is 92.7 Å². The molecule has 1 aromatic rings. The summed E-state index contributed by atoms with van der Waals surface area (Å²) in [5, 5.41) is 11.5. The van der Waals surface area contributed by atoms with Crippen molar-refractivity contribution < 1.29 is 24.2 Å². The van der Waals surface area contributed by atoms with Gasteiger partial charge in [0, 0.05) is 16.9 Å². The number of hydrogen-bond acceptors (Lipinski definition) is 4. The average Bonchev–Trinajstić information content (AvgIpc) is 2.38. The zero-order valence-electron chi connectivity index (χ0n) is 10.8. The third kappa shape index (κ3) is 5.55. The summed E-state index contributed by atoms with van der Waals surface area (Å²) in [6, 6.07) is 6.25. The van der Waals surface area contributed by atoms with Crippen LogP contribution in [-0.4, -0.2) is 35.6 Å². The fourth-order valence-corrected chi connectivity index (χ4v) is 2.09. The number of benzene rings is 1. The van der Waals surface area contributed by atoms with Crippen molar-refractivity contribution in [3.8, 4) is 0 Å². The molecule has 0 unspecified atom stereocenters. The third-order valence-electron chi connectivity index (χ3n) is 2.42. The first kappa shape index (κ1) is 16.4. The van der Waals surface area contributed by atoms with E-state index in [1.165, 1.54) is 6.92 Å². The standard InChI is InChI=1S/C13H14INO5/c1-8(16)20-7-12(17)15-11(13(18)19)6-9-4-2-3-5-10(9)14/h2-5,11H,6-7H2,1H3,(H,15,17)(H,18,19)/t11-/m1/s1. The van der Waals surface area contributed by atoms with Gasteiger partial charge in [0.1, 0.15) is 6.04 Å². The summed E-state index contributed by atoms with van der Waals surface area (Å²) in [5.41, 5.74) is 0.827. The first-order chi connectivity index (χ1) is 9.40. The van der Waals surface area contributed by atoms with Crippen LogP contribution in [0.25, 0.3) is 0 Å². The number of esters is 1. The second-order valence-electron chi connectivity index (χ2n) is 4.03. The van der Waals surface area contributed by atoms with E-state index in [-0.39, 0.29) is 6.42 Å². The Labute approximate surface area is 129 Å². The molecule has 0 fully saturated rings. The number of carbonyl (C=O) groups is 3. The normalized spacial score (nSPS) is 11.5. The van der Waals surface area contributed by atoms with Gasteiger partial charge in [-0.3, -0.25) is 9.59 Å². The number of rotatable bonds is 6. The quantitative estimate of drug-likeness (QED) is 0.557. The monoisotopic (exact) mass is 391 g/mol. The van der Waals surface area contributed by atoms with Gasteiger partial charge in [0.2, 0.25) is 0 Å². The number of aliphatic carboxylic acids is 1. The SMILES string of the molecule is CC(=O)OCC(=O)N[C@H](Cc1ccccc1I)C(=O)O. The maximum atomic E-state index is 11.5. The molecule has 0 aromatic heterocycles. The van der Waals surface area contributed by atoms with Crippen LogP contribution in [0.2, 0.25) is 0 Å². The van der Waals surface area contributed by atoms with Gasteiger partial charge in [-0.25, -0.2) is 4.79 Å². The number of carbonyl (C=O) groups excluding carboxylic acids is 2. The molecule has 7 heteroatoms. The Morgan fingerprint density at radius 1 is 1.35 bits per heavy atom. The fourth-order valence-electron chi connectivity index (χ4n) is 1.49. The maximum Gasteiger partial charge on any atom is 0.326 e. The molecule has 0 aliphatic carbocycles. The van der Waals surface area contributed by atoms with Gasteiger partial charge in [0.05, 0.1) is 0 Å². The molecule has 2 N–H and O–H groups in total. The Morgan fingerprint density at radius 3 is 2.55 bits per heavy atom. The molecule has 108 valence electrons. The Hall–Kier alpha value is -1.64. The smallest absolute Gasteiger partial charge is 0.326 e. The Kier molecular flexibility index (Phi) is 6.43. The largest absolute Gasteiger partial charge is 0.480 e. The van der Waals surface area contributed by atoms with Crippen molar-refractivity contribution in [1.29, 1.82) is 0 Å². The molecular formula is C13H14INO5. The van der Waals surface area contributed by atoms with Crippen LogP contribution in [-0.2, 0) is 25.5 Å². The van der Waals surface area contributed by atoms with E-state index in [1.807, 2.05) is 12.1 Å². The van der Waals surface area contributed by atoms with Gasteiger partial charge >= 0.3 is 11.9 Å². The van der Waals surface area contributed by atoms with E-state index in [0.717, 1.165) is 9.13 Å². The molecule has 0 aliphatic rings. The van der Waals surface area contributed by atoms with Crippen LogP contribution >= 0.6 is 22.6 Å². The molecule has 0 saturated heterocycles. The van der Waals surface area contributed by atoms with Crippen LogP contribution in [0, 0.1) is 3.57 Å². The molecule has 0 bridgehead atoms. The summed E-state index contributed by atoms with van der Waals surface area (Å²) in [6.07, 6.45) is 0.167. The highest BCUT2D eigenvalue weighted by atomic mass is 127. The molecule has 6 nitrogen and oxygen atoms in total.